The molecule has 2 heteroatoms. The molecular formula is C52H32O2. The quantitative estimate of drug-likeness (QED) is 0.173. The first-order valence-corrected chi connectivity index (χ1v) is 18.8. The Hall–Kier alpha value is -6.90. The Morgan fingerprint density at radius 3 is 1.78 bits per heavy atom. The van der Waals surface area contributed by atoms with Crippen LogP contribution in [-0.4, -0.2) is 0 Å². The maximum Gasteiger partial charge on any atom is 0.179 e. The second kappa shape index (κ2) is 11.3. The minimum Gasteiger partial charge on any atom is -0.452 e. The van der Waals surface area contributed by atoms with Crippen molar-refractivity contribution in [3.63, 3.8) is 0 Å². The highest BCUT2D eigenvalue weighted by molar-refractivity contribution is 6.29. The van der Waals surface area contributed by atoms with Crippen molar-refractivity contribution < 1.29 is 8.83 Å². The fourth-order valence-electron chi connectivity index (χ4n) is 9.43. The third-order valence-corrected chi connectivity index (χ3v) is 11.8. The lowest BCUT2D eigenvalue weighted by atomic mass is 9.83. The van der Waals surface area contributed by atoms with E-state index in [1.54, 1.807) is 0 Å². The Balaban J connectivity index is 1.07. The van der Waals surface area contributed by atoms with Crippen LogP contribution in [0, 0.1) is 0 Å². The molecule has 0 fully saturated rings. The van der Waals surface area contributed by atoms with E-state index in [4.69, 9.17) is 8.83 Å². The highest BCUT2D eigenvalue weighted by Gasteiger charge is 2.23. The number of benzene rings is 9. The Morgan fingerprint density at radius 1 is 0.444 bits per heavy atom. The minimum absolute atomic E-state index is 0.191. The molecule has 2 heterocycles. The molecule has 0 spiro atoms. The van der Waals surface area contributed by atoms with Gasteiger partial charge in [0.15, 0.2) is 11.2 Å². The number of hydrogen-bond acceptors (Lipinski definition) is 2. The van der Waals surface area contributed by atoms with Gasteiger partial charge in [-0.05, 0) is 89.5 Å². The average molecular weight is 689 g/mol. The van der Waals surface area contributed by atoms with Crippen molar-refractivity contribution >= 4 is 88.1 Å². The smallest absolute Gasteiger partial charge is 0.179 e. The van der Waals surface area contributed by atoms with Gasteiger partial charge < -0.3 is 8.83 Å². The summed E-state index contributed by atoms with van der Waals surface area (Å²) in [7, 11) is 0. The van der Waals surface area contributed by atoms with Crippen LogP contribution in [0.15, 0.2) is 173 Å². The van der Waals surface area contributed by atoms with Crippen LogP contribution in [0.25, 0.3) is 110 Å². The van der Waals surface area contributed by atoms with E-state index in [1.807, 2.05) is 12.1 Å². The maximum atomic E-state index is 6.71. The summed E-state index contributed by atoms with van der Waals surface area (Å²) in [5.41, 5.74) is 9.83. The molecule has 0 saturated heterocycles. The monoisotopic (exact) mass is 688 g/mol. The maximum absolute atomic E-state index is 6.71. The normalized spacial score (nSPS) is 14.3. The van der Waals surface area contributed by atoms with Crippen LogP contribution in [0.4, 0.5) is 0 Å². The second-order valence-corrected chi connectivity index (χ2v) is 14.6. The Bertz CT molecular complexity index is 3420. The number of fused-ring (bicyclic) bond motifs is 13. The molecule has 1 aliphatic rings. The zero-order valence-electron chi connectivity index (χ0n) is 29.3. The minimum atomic E-state index is 0.191. The lowest BCUT2D eigenvalue weighted by Crippen LogP contribution is -2.25. The lowest BCUT2D eigenvalue weighted by molar-refractivity contribution is 0.562. The van der Waals surface area contributed by atoms with Crippen molar-refractivity contribution in [3.8, 4) is 22.3 Å². The second-order valence-electron chi connectivity index (χ2n) is 14.6. The number of furan rings is 2. The first-order valence-electron chi connectivity index (χ1n) is 18.8. The molecule has 1 aliphatic carbocycles. The van der Waals surface area contributed by atoms with Crippen molar-refractivity contribution in [1.82, 2.24) is 0 Å². The van der Waals surface area contributed by atoms with Gasteiger partial charge in [-0.25, -0.2) is 0 Å². The summed E-state index contributed by atoms with van der Waals surface area (Å²) >= 11 is 0. The van der Waals surface area contributed by atoms with Gasteiger partial charge in [0.1, 0.15) is 11.0 Å². The van der Waals surface area contributed by atoms with Gasteiger partial charge in [-0.2, -0.15) is 0 Å². The molecule has 0 radical (unpaired) electrons. The van der Waals surface area contributed by atoms with Crippen molar-refractivity contribution in [2.45, 2.75) is 12.3 Å². The molecule has 0 amide bonds. The van der Waals surface area contributed by atoms with Gasteiger partial charge in [0.25, 0.3) is 0 Å². The molecule has 0 bridgehead atoms. The summed E-state index contributed by atoms with van der Waals surface area (Å²) < 4.78 is 13.2. The lowest BCUT2D eigenvalue weighted by Gasteiger charge is -2.20. The molecule has 0 saturated carbocycles. The summed E-state index contributed by atoms with van der Waals surface area (Å²) in [6, 6.07) is 59.5. The van der Waals surface area contributed by atoms with Crippen LogP contribution < -0.4 is 10.6 Å². The van der Waals surface area contributed by atoms with E-state index in [0.29, 0.717) is 0 Å². The first-order chi connectivity index (χ1) is 26.8. The molecule has 2 aromatic heterocycles. The van der Waals surface area contributed by atoms with E-state index >= 15 is 0 Å². The predicted octanol–water partition coefficient (Wildman–Crippen LogP) is 13.0. The Morgan fingerprint density at radius 2 is 1.02 bits per heavy atom. The number of rotatable bonds is 3. The number of para-hydroxylation sites is 1. The molecule has 0 aliphatic heterocycles. The van der Waals surface area contributed by atoms with Crippen LogP contribution in [0.5, 0.6) is 0 Å². The van der Waals surface area contributed by atoms with Gasteiger partial charge >= 0.3 is 0 Å². The summed E-state index contributed by atoms with van der Waals surface area (Å²) in [5, 5.41) is 14.5. The topological polar surface area (TPSA) is 26.3 Å². The number of hydrogen-bond donors (Lipinski definition) is 0. The zero-order chi connectivity index (χ0) is 35.3. The fraction of sp³-hybridized carbons (Fsp3) is 0.0385. The first kappa shape index (κ1) is 29.7. The van der Waals surface area contributed by atoms with Crippen molar-refractivity contribution in [2.24, 2.45) is 0 Å². The van der Waals surface area contributed by atoms with Gasteiger partial charge in [-0.1, -0.05) is 164 Å². The summed E-state index contributed by atoms with van der Waals surface area (Å²) in [6.07, 6.45) is 5.57. The fourth-order valence-corrected chi connectivity index (χ4v) is 9.43. The molecule has 9 aromatic carbocycles. The van der Waals surface area contributed by atoms with E-state index in [-0.39, 0.29) is 5.92 Å². The molecule has 1 atom stereocenters. The summed E-state index contributed by atoms with van der Waals surface area (Å²) in [6.45, 7) is 0. The molecule has 12 rings (SSSR count). The van der Waals surface area contributed by atoms with Gasteiger partial charge in [-0.3, -0.25) is 0 Å². The molecule has 0 N–H and O–H groups in total. The summed E-state index contributed by atoms with van der Waals surface area (Å²) in [5.74, 6) is 0.191. The third kappa shape index (κ3) is 4.17. The van der Waals surface area contributed by atoms with Gasteiger partial charge in [-0.15, -0.1) is 0 Å². The average Bonchev–Trinajstić information content (AvgIpc) is 3.82. The van der Waals surface area contributed by atoms with Crippen LogP contribution >= 0.6 is 0 Å². The van der Waals surface area contributed by atoms with Crippen LogP contribution in [0.3, 0.4) is 0 Å². The Labute approximate surface area is 310 Å². The van der Waals surface area contributed by atoms with Gasteiger partial charge in [0, 0.05) is 27.3 Å². The molecule has 1 unspecified atom stereocenters. The van der Waals surface area contributed by atoms with E-state index in [2.05, 4.69) is 164 Å². The summed E-state index contributed by atoms with van der Waals surface area (Å²) in [4.78, 5) is 0. The Kier molecular flexibility index (Phi) is 6.20. The van der Waals surface area contributed by atoms with E-state index in [0.717, 1.165) is 50.0 Å². The van der Waals surface area contributed by atoms with Crippen LogP contribution in [0.2, 0.25) is 0 Å². The highest BCUT2D eigenvalue weighted by atomic mass is 16.4. The van der Waals surface area contributed by atoms with Crippen molar-refractivity contribution in [3.05, 3.63) is 180 Å². The molecule has 2 nitrogen and oxygen atoms in total. The van der Waals surface area contributed by atoms with Crippen LogP contribution in [-0.2, 0) is 0 Å². The van der Waals surface area contributed by atoms with Crippen LogP contribution in [0.1, 0.15) is 17.9 Å². The standard InChI is InChI=1S/C52H32O2/c1-2-17-35-31(13-1)14-12-25-36(35)48-39-20-5-3-18-37(39)47(38-19-4-6-21-40(38)48)34-16-11-15-32(29-34)33-27-28-46-44(30-33)50-42-23-8-7-22-41(42)49-43-24-9-10-26-45(43)53-51(49)52(50)54-46/h1-26,28-30,33H,27H2. The largest absolute Gasteiger partial charge is 0.452 e. The van der Waals surface area contributed by atoms with Crippen molar-refractivity contribution in [2.75, 3.05) is 0 Å². The predicted molar refractivity (Wildman–Crippen MR) is 226 cm³/mol. The van der Waals surface area contributed by atoms with E-state index < -0.39 is 0 Å². The molecule has 11 aromatic rings. The zero-order valence-corrected chi connectivity index (χ0v) is 29.3. The van der Waals surface area contributed by atoms with Gasteiger partial charge in [0.05, 0.1) is 0 Å². The molecular weight excluding hydrogens is 657 g/mol. The SMILES string of the molecule is C1=c2oc3c4oc5ccccc5c4c4ccccc4c3c2=CC(c2cccc(-c3c4ccccc4c(-c4cccc5ccccc45)c4ccccc34)c2)C1. The van der Waals surface area contributed by atoms with Crippen molar-refractivity contribution in [1.29, 1.82) is 0 Å². The third-order valence-electron chi connectivity index (χ3n) is 11.8. The molecule has 252 valence electrons. The highest BCUT2D eigenvalue weighted by Crippen LogP contribution is 2.46. The molecule has 54 heavy (non-hydrogen) atoms. The van der Waals surface area contributed by atoms with Gasteiger partial charge in [0.2, 0.25) is 0 Å². The van der Waals surface area contributed by atoms with E-state index in [9.17, 15) is 0 Å². The van der Waals surface area contributed by atoms with E-state index in [1.165, 1.54) is 70.9 Å².